The summed E-state index contributed by atoms with van der Waals surface area (Å²) >= 11 is 1.32. The van der Waals surface area contributed by atoms with Crippen molar-refractivity contribution in [2.75, 3.05) is 24.3 Å². The predicted molar refractivity (Wildman–Crippen MR) is 78.7 cm³/mol. The smallest absolute Gasteiger partial charge is 0.267 e. The number of benzene rings is 1. The van der Waals surface area contributed by atoms with Gasteiger partial charge in [0.1, 0.15) is 4.88 Å². The van der Waals surface area contributed by atoms with Crippen LogP contribution in [0.1, 0.15) is 16.1 Å². The van der Waals surface area contributed by atoms with Crippen molar-refractivity contribution >= 4 is 28.6 Å². The number of hydrogen-bond donors (Lipinski definition) is 2. The monoisotopic (exact) mass is 290 g/mol. The number of carbonyl (C=O) groups is 1. The first-order valence-electron chi connectivity index (χ1n) is 6.28. The maximum absolute atomic E-state index is 12.1. The molecule has 0 saturated carbocycles. The van der Waals surface area contributed by atoms with E-state index in [-0.39, 0.29) is 5.91 Å². The first kappa shape index (κ1) is 12.8. The van der Waals surface area contributed by atoms with Gasteiger partial charge in [-0.15, -0.1) is 11.3 Å². The summed E-state index contributed by atoms with van der Waals surface area (Å²) in [4.78, 5) is 12.6. The van der Waals surface area contributed by atoms with Crippen molar-refractivity contribution in [3.05, 3.63) is 34.5 Å². The Morgan fingerprint density at radius 2 is 2.00 bits per heavy atom. The molecule has 0 spiro atoms. The number of rotatable bonds is 2. The van der Waals surface area contributed by atoms with Crippen molar-refractivity contribution in [3.63, 3.8) is 0 Å². The third-order valence-corrected chi connectivity index (χ3v) is 3.84. The van der Waals surface area contributed by atoms with Gasteiger partial charge in [-0.2, -0.15) is 0 Å². The Kier molecular flexibility index (Phi) is 3.47. The number of anilines is 2. The Morgan fingerprint density at radius 3 is 2.75 bits per heavy atom. The van der Waals surface area contributed by atoms with Gasteiger partial charge in [-0.1, -0.05) is 0 Å². The molecule has 0 unspecified atom stereocenters. The number of ether oxygens (including phenoxy) is 2. The lowest BCUT2D eigenvalue weighted by Crippen LogP contribution is -2.12. The van der Waals surface area contributed by atoms with Crippen LogP contribution in [0.2, 0.25) is 0 Å². The molecule has 0 bridgehead atoms. The summed E-state index contributed by atoms with van der Waals surface area (Å²) in [6, 6.07) is 7.07. The van der Waals surface area contributed by atoms with Gasteiger partial charge in [0.2, 0.25) is 0 Å². The van der Waals surface area contributed by atoms with Crippen molar-refractivity contribution < 1.29 is 14.3 Å². The normalized spacial score (nSPS) is 13.6. The zero-order chi connectivity index (χ0) is 13.9. The molecule has 0 atom stereocenters. The highest BCUT2D eigenvalue weighted by Crippen LogP contribution is 2.32. The SMILES string of the molecule is Nc1ccsc1C(=O)Nc1ccc2c(c1)OCCCO2. The van der Waals surface area contributed by atoms with E-state index in [1.54, 1.807) is 29.6 Å². The van der Waals surface area contributed by atoms with E-state index in [1.165, 1.54) is 11.3 Å². The molecule has 3 N–H and O–H groups in total. The zero-order valence-electron chi connectivity index (χ0n) is 10.7. The van der Waals surface area contributed by atoms with Crippen LogP contribution in [-0.2, 0) is 0 Å². The van der Waals surface area contributed by atoms with E-state index in [2.05, 4.69) is 5.32 Å². The van der Waals surface area contributed by atoms with Crippen LogP contribution >= 0.6 is 11.3 Å². The molecule has 1 aliphatic heterocycles. The average molecular weight is 290 g/mol. The number of nitrogens with two attached hydrogens (primary N) is 1. The predicted octanol–water partition coefficient (Wildman–Crippen LogP) is 2.74. The van der Waals surface area contributed by atoms with Crippen molar-refractivity contribution in [3.8, 4) is 11.5 Å². The molecule has 2 aromatic rings. The Morgan fingerprint density at radius 1 is 1.20 bits per heavy atom. The van der Waals surface area contributed by atoms with Gasteiger partial charge in [-0.05, 0) is 23.6 Å². The molecule has 0 radical (unpaired) electrons. The maximum atomic E-state index is 12.1. The largest absolute Gasteiger partial charge is 0.490 e. The molecule has 1 amide bonds. The fourth-order valence-electron chi connectivity index (χ4n) is 1.93. The molecule has 0 aliphatic carbocycles. The van der Waals surface area contributed by atoms with Gasteiger partial charge >= 0.3 is 0 Å². The van der Waals surface area contributed by atoms with Gasteiger partial charge < -0.3 is 20.5 Å². The van der Waals surface area contributed by atoms with Gasteiger partial charge in [0.05, 0.1) is 18.9 Å². The molecule has 3 rings (SSSR count). The number of fused-ring (bicyclic) bond motifs is 1. The molecule has 6 heteroatoms. The Bertz CT molecular complexity index is 639. The third-order valence-electron chi connectivity index (χ3n) is 2.91. The zero-order valence-corrected chi connectivity index (χ0v) is 11.5. The number of nitrogen functional groups attached to an aromatic ring is 1. The van der Waals surface area contributed by atoms with Crippen LogP contribution in [0.3, 0.4) is 0 Å². The molecule has 0 saturated heterocycles. The molecule has 1 aromatic heterocycles. The minimum Gasteiger partial charge on any atom is -0.490 e. The number of amides is 1. The summed E-state index contributed by atoms with van der Waals surface area (Å²) in [5.41, 5.74) is 6.88. The van der Waals surface area contributed by atoms with E-state index in [9.17, 15) is 4.79 Å². The maximum Gasteiger partial charge on any atom is 0.267 e. The van der Waals surface area contributed by atoms with Gasteiger partial charge in [0, 0.05) is 18.2 Å². The number of thiophene rings is 1. The van der Waals surface area contributed by atoms with Crippen molar-refractivity contribution in [2.24, 2.45) is 0 Å². The summed E-state index contributed by atoms with van der Waals surface area (Å²) < 4.78 is 11.1. The van der Waals surface area contributed by atoms with Gasteiger partial charge in [-0.3, -0.25) is 4.79 Å². The molecule has 104 valence electrons. The second-order valence-electron chi connectivity index (χ2n) is 4.37. The lowest BCUT2D eigenvalue weighted by atomic mass is 10.2. The first-order chi connectivity index (χ1) is 9.74. The minimum atomic E-state index is -0.216. The van der Waals surface area contributed by atoms with E-state index in [0.717, 1.165) is 6.42 Å². The van der Waals surface area contributed by atoms with Crippen LogP contribution in [-0.4, -0.2) is 19.1 Å². The summed E-state index contributed by atoms with van der Waals surface area (Å²) in [5.74, 6) is 1.14. The first-order valence-corrected chi connectivity index (χ1v) is 7.16. The van der Waals surface area contributed by atoms with Gasteiger partial charge in [0.15, 0.2) is 11.5 Å². The minimum absolute atomic E-state index is 0.216. The molecule has 5 nitrogen and oxygen atoms in total. The molecule has 1 aromatic carbocycles. The average Bonchev–Trinajstić information content (AvgIpc) is 2.73. The fourth-order valence-corrected chi connectivity index (χ4v) is 2.65. The highest BCUT2D eigenvalue weighted by Gasteiger charge is 2.14. The lowest BCUT2D eigenvalue weighted by molar-refractivity contribution is 0.103. The summed E-state index contributed by atoms with van der Waals surface area (Å²) in [6.07, 6.45) is 0.849. The molecule has 2 heterocycles. The highest BCUT2D eigenvalue weighted by atomic mass is 32.1. The molecular formula is C14H14N2O3S. The van der Waals surface area contributed by atoms with Crippen LogP contribution in [0.4, 0.5) is 11.4 Å². The van der Waals surface area contributed by atoms with Gasteiger partial charge in [-0.25, -0.2) is 0 Å². The molecule has 0 fully saturated rings. The van der Waals surface area contributed by atoms with E-state index >= 15 is 0 Å². The fraction of sp³-hybridized carbons (Fsp3) is 0.214. The van der Waals surface area contributed by atoms with Crippen molar-refractivity contribution in [1.82, 2.24) is 0 Å². The van der Waals surface area contributed by atoms with Crippen LogP contribution < -0.4 is 20.5 Å². The highest BCUT2D eigenvalue weighted by molar-refractivity contribution is 7.12. The molecule has 1 aliphatic rings. The van der Waals surface area contributed by atoms with E-state index in [1.807, 2.05) is 0 Å². The Hall–Kier alpha value is -2.21. The lowest BCUT2D eigenvalue weighted by Gasteiger charge is -2.10. The van der Waals surface area contributed by atoms with Crippen LogP contribution in [0.15, 0.2) is 29.6 Å². The number of carbonyl (C=O) groups excluding carboxylic acids is 1. The second-order valence-corrected chi connectivity index (χ2v) is 5.29. The van der Waals surface area contributed by atoms with E-state index in [4.69, 9.17) is 15.2 Å². The van der Waals surface area contributed by atoms with Crippen LogP contribution in [0.25, 0.3) is 0 Å². The summed E-state index contributed by atoms with van der Waals surface area (Å²) in [5, 5.41) is 4.60. The molecular weight excluding hydrogens is 276 g/mol. The van der Waals surface area contributed by atoms with Crippen molar-refractivity contribution in [2.45, 2.75) is 6.42 Å². The second kappa shape index (κ2) is 5.42. The van der Waals surface area contributed by atoms with Gasteiger partial charge in [0.25, 0.3) is 5.91 Å². The summed E-state index contributed by atoms with van der Waals surface area (Å²) in [7, 11) is 0. The number of nitrogens with one attached hydrogen (secondary N) is 1. The number of hydrogen-bond acceptors (Lipinski definition) is 5. The topological polar surface area (TPSA) is 73.6 Å². The third kappa shape index (κ3) is 2.55. The quantitative estimate of drug-likeness (QED) is 0.892. The van der Waals surface area contributed by atoms with Crippen molar-refractivity contribution in [1.29, 1.82) is 0 Å². The Balaban J connectivity index is 1.80. The summed E-state index contributed by atoms with van der Waals surface area (Å²) in [6.45, 7) is 1.26. The van der Waals surface area contributed by atoms with E-state index in [0.29, 0.717) is 41.0 Å². The van der Waals surface area contributed by atoms with Crippen LogP contribution in [0, 0.1) is 0 Å². The molecule has 20 heavy (non-hydrogen) atoms. The standard InChI is InChI=1S/C14H14N2O3S/c15-10-4-7-20-13(10)14(17)16-9-2-3-11-12(8-9)19-6-1-5-18-11/h2-4,7-8H,1,5-6,15H2,(H,16,17). The Labute approximate surface area is 120 Å². The van der Waals surface area contributed by atoms with Crippen LogP contribution in [0.5, 0.6) is 11.5 Å². The van der Waals surface area contributed by atoms with E-state index < -0.39 is 0 Å².